The normalized spacial score (nSPS) is 11.1. The van der Waals surface area contributed by atoms with Crippen molar-refractivity contribution in [3.8, 4) is 0 Å². The summed E-state index contributed by atoms with van der Waals surface area (Å²) in [5.74, 6) is -0.727. The number of imidazole rings is 1. The van der Waals surface area contributed by atoms with Gasteiger partial charge in [0.1, 0.15) is 11.6 Å². The first-order valence-electron chi connectivity index (χ1n) is 6.29. The van der Waals surface area contributed by atoms with E-state index >= 15 is 0 Å². The molecule has 0 bridgehead atoms. The molecule has 2 N–H and O–H groups in total. The molecule has 0 atom stereocenters. The van der Waals surface area contributed by atoms with Gasteiger partial charge >= 0.3 is 0 Å². The van der Waals surface area contributed by atoms with Crippen molar-refractivity contribution in [2.75, 3.05) is 5.73 Å². The molecule has 1 aromatic heterocycles. The molecule has 0 aliphatic rings. The highest BCUT2D eigenvalue weighted by atomic mass is 19.1. The third kappa shape index (κ3) is 2.34. The van der Waals surface area contributed by atoms with Crippen LogP contribution in [0.5, 0.6) is 0 Å². The highest BCUT2D eigenvalue weighted by molar-refractivity contribution is 5.78. The molecule has 0 aliphatic carbocycles. The Hall–Kier alpha value is -2.43. The van der Waals surface area contributed by atoms with Crippen LogP contribution in [0, 0.1) is 11.6 Å². The smallest absolute Gasteiger partial charge is 0.201 e. The zero-order valence-corrected chi connectivity index (χ0v) is 10.7. The van der Waals surface area contributed by atoms with Crippen LogP contribution in [0.15, 0.2) is 42.5 Å². The van der Waals surface area contributed by atoms with Crippen LogP contribution in [0.3, 0.4) is 0 Å². The minimum Gasteiger partial charge on any atom is -0.369 e. The number of fused-ring (bicyclic) bond motifs is 1. The molecule has 2 aromatic carbocycles. The van der Waals surface area contributed by atoms with E-state index in [0.717, 1.165) is 17.1 Å². The van der Waals surface area contributed by atoms with E-state index < -0.39 is 11.6 Å². The molecule has 102 valence electrons. The maximum atomic E-state index is 13.1. The minimum absolute atomic E-state index is 0.406. The van der Waals surface area contributed by atoms with Crippen LogP contribution >= 0.6 is 0 Å². The van der Waals surface area contributed by atoms with Crippen molar-refractivity contribution in [2.24, 2.45) is 0 Å². The molecule has 1 heterocycles. The highest BCUT2D eigenvalue weighted by Gasteiger charge is 2.08. The summed E-state index contributed by atoms with van der Waals surface area (Å²) in [6.45, 7) is 0.523. The zero-order chi connectivity index (χ0) is 14.1. The maximum Gasteiger partial charge on any atom is 0.201 e. The standard InChI is InChI=1S/C15H13F2N3/c16-11-7-10(8-12(17)9-11)5-6-20-14-4-2-1-3-13(14)19-15(20)18/h1-4,7-9H,5-6H2,(H2,18,19). The van der Waals surface area contributed by atoms with E-state index in [0.29, 0.717) is 24.5 Å². The zero-order valence-electron chi connectivity index (χ0n) is 10.7. The van der Waals surface area contributed by atoms with Gasteiger partial charge in [-0.05, 0) is 36.2 Å². The van der Waals surface area contributed by atoms with Gasteiger partial charge in [-0.1, -0.05) is 12.1 Å². The van der Waals surface area contributed by atoms with Crippen LogP contribution in [0.25, 0.3) is 11.0 Å². The van der Waals surface area contributed by atoms with E-state index in [2.05, 4.69) is 4.98 Å². The predicted octanol–water partition coefficient (Wildman–Crippen LogP) is 3.14. The van der Waals surface area contributed by atoms with Crippen molar-refractivity contribution < 1.29 is 8.78 Å². The van der Waals surface area contributed by atoms with Gasteiger partial charge in [-0.2, -0.15) is 0 Å². The van der Waals surface area contributed by atoms with E-state index in [1.54, 1.807) is 0 Å². The van der Waals surface area contributed by atoms with Gasteiger partial charge in [-0.25, -0.2) is 13.8 Å². The van der Waals surface area contributed by atoms with Crippen molar-refractivity contribution in [1.29, 1.82) is 0 Å². The molecule has 0 radical (unpaired) electrons. The van der Waals surface area contributed by atoms with Crippen LogP contribution < -0.4 is 5.73 Å². The van der Waals surface area contributed by atoms with Gasteiger partial charge in [0, 0.05) is 12.6 Å². The largest absolute Gasteiger partial charge is 0.369 e. The van der Waals surface area contributed by atoms with Crippen molar-refractivity contribution >= 4 is 17.0 Å². The first-order valence-corrected chi connectivity index (χ1v) is 6.29. The fourth-order valence-electron chi connectivity index (χ4n) is 2.33. The summed E-state index contributed by atoms with van der Waals surface area (Å²) in [4.78, 5) is 4.25. The summed E-state index contributed by atoms with van der Waals surface area (Å²) in [5.41, 5.74) is 8.21. The lowest BCUT2D eigenvalue weighted by Crippen LogP contribution is -2.06. The quantitative estimate of drug-likeness (QED) is 0.796. The number of hydrogen-bond acceptors (Lipinski definition) is 2. The number of aryl methyl sites for hydroxylation is 2. The number of benzene rings is 2. The van der Waals surface area contributed by atoms with Crippen molar-refractivity contribution in [1.82, 2.24) is 9.55 Å². The molecule has 3 nitrogen and oxygen atoms in total. The first kappa shape index (κ1) is 12.6. The van der Waals surface area contributed by atoms with Gasteiger partial charge in [0.2, 0.25) is 5.95 Å². The van der Waals surface area contributed by atoms with Gasteiger partial charge in [-0.3, -0.25) is 0 Å². The van der Waals surface area contributed by atoms with Crippen molar-refractivity contribution in [3.63, 3.8) is 0 Å². The number of rotatable bonds is 3. The second-order valence-electron chi connectivity index (χ2n) is 4.64. The summed E-state index contributed by atoms with van der Waals surface area (Å²) in [6, 6.07) is 11.1. The molecular weight excluding hydrogens is 260 g/mol. The van der Waals surface area contributed by atoms with Crippen molar-refractivity contribution in [2.45, 2.75) is 13.0 Å². The SMILES string of the molecule is Nc1nc2ccccc2n1CCc1cc(F)cc(F)c1. The number of nitrogen functional groups attached to an aromatic ring is 1. The molecule has 5 heteroatoms. The average Bonchev–Trinajstić information content (AvgIpc) is 2.71. The Morgan fingerprint density at radius 2 is 1.75 bits per heavy atom. The third-order valence-electron chi connectivity index (χ3n) is 3.23. The molecule has 3 rings (SSSR count). The summed E-state index contributed by atoms with van der Waals surface area (Å²) in [7, 11) is 0. The summed E-state index contributed by atoms with van der Waals surface area (Å²) < 4.78 is 28.1. The Kier molecular flexibility index (Phi) is 3.10. The molecule has 0 unspecified atom stereocenters. The monoisotopic (exact) mass is 273 g/mol. The topological polar surface area (TPSA) is 43.8 Å². The molecule has 0 amide bonds. The lowest BCUT2D eigenvalue weighted by molar-refractivity contribution is 0.577. The van der Waals surface area contributed by atoms with Crippen LogP contribution in [0.4, 0.5) is 14.7 Å². The number of para-hydroxylation sites is 2. The molecular formula is C15H13F2N3. The number of nitrogens with zero attached hydrogens (tertiary/aromatic N) is 2. The van der Waals surface area contributed by atoms with Gasteiger partial charge in [0.25, 0.3) is 0 Å². The minimum atomic E-state index is -0.566. The number of nitrogens with two attached hydrogens (primary N) is 1. The molecule has 3 aromatic rings. The van der Waals surface area contributed by atoms with Crippen LogP contribution in [0.1, 0.15) is 5.56 Å². The molecule has 20 heavy (non-hydrogen) atoms. The Labute approximate surface area is 114 Å². The van der Waals surface area contributed by atoms with Crippen LogP contribution in [0.2, 0.25) is 0 Å². The molecule has 0 saturated carbocycles. The summed E-state index contributed by atoms with van der Waals surface area (Å²) in [5, 5.41) is 0. The molecule has 0 aliphatic heterocycles. The third-order valence-corrected chi connectivity index (χ3v) is 3.23. The molecule has 0 spiro atoms. The number of hydrogen-bond donors (Lipinski definition) is 1. The Morgan fingerprint density at radius 3 is 2.50 bits per heavy atom. The molecule has 0 saturated heterocycles. The van der Waals surface area contributed by atoms with E-state index in [1.165, 1.54) is 12.1 Å². The van der Waals surface area contributed by atoms with Gasteiger partial charge in [-0.15, -0.1) is 0 Å². The second-order valence-corrected chi connectivity index (χ2v) is 4.64. The Balaban J connectivity index is 1.88. The predicted molar refractivity (Wildman–Crippen MR) is 74.2 cm³/mol. The highest BCUT2D eigenvalue weighted by Crippen LogP contribution is 2.18. The lowest BCUT2D eigenvalue weighted by Gasteiger charge is -2.07. The number of anilines is 1. The van der Waals surface area contributed by atoms with Crippen LogP contribution in [-0.2, 0) is 13.0 Å². The fraction of sp³-hybridized carbons (Fsp3) is 0.133. The maximum absolute atomic E-state index is 13.1. The Morgan fingerprint density at radius 1 is 1.05 bits per heavy atom. The van der Waals surface area contributed by atoms with E-state index in [4.69, 9.17) is 5.73 Å². The Bertz CT molecular complexity index is 745. The molecule has 0 fully saturated rings. The fourth-order valence-corrected chi connectivity index (χ4v) is 2.33. The first-order chi connectivity index (χ1) is 9.63. The van der Waals surface area contributed by atoms with E-state index in [1.807, 2.05) is 28.8 Å². The average molecular weight is 273 g/mol. The number of halogens is 2. The number of aromatic nitrogens is 2. The van der Waals surface area contributed by atoms with Crippen molar-refractivity contribution in [3.05, 3.63) is 59.7 Å². The van der Waals surface area contributed by atoms with E-state index in [9.17, 15) is 8.78 Å². The van der Waals surface area contributed by atoms with Crippen LogP contribution in [-0.4, -0.2) is 9.55 Å². The lowest BCUT2D eigenvalue weighted by atomic mass is 10.1. The summed E-state index contributed by atoms with van der Waals surface area (Å²) in [6.07, 6.45) is 0.485. The summed E-state index contributed by atoms with van der Waals surface area (Å²) >= 11 is 0. The van der Waals surface area contributed by atoms with Gasteiger partial charge in [0.15, 0.2) is 0 Å². The van der Waals surface area contributed by atoms with E-state index in [-0.39, 0.29) is 0 Å². The second kappa shape index (κ2) is 4.92. The van der Waals surface area contributed by atoms with Gasteiger partial charge < -0.3 is 10.3 Å². The van der Waals surface area contributed by atoms with Gasteiger partial charge in [0.05, 0.1) is 11.0 Å².